The lowest BCUT2D eigenvalue weighted by atomic mass is 9.90. The Bertz CT molecular complexity index is 331. The van der Waals surface area contributed by atoms with E-state index in [1.807, 2.05) is 18.2 Å². The van der Waals surface area contributed by atoms with Crippen molar-refractivity contribution in [2.24, 2.45) is 0 Å². The fraction of sp³-hybridized carbons (Fsp3) is 0.333. The van der Waals surface area contributed by atoms with Crippen molar-refractivity contribution in [2.75, 3.05) is 14.2 Å². The van der Waals surface area contributed by atoms with E-state index < -0.39 is 5.60 Å². The number of ether oxygens (including phenoxy) is 2. The van der Waals surface area contributed by atoms with Gasteiger partial charge in [0.2, 0.25) is 0 Å². The Hall–Kier alpha value is -1.46. The highest BCUT2D eigenvalue weighted by molar-refractivity contribution is 5.42. The summed E-state index contributed by atoms with van der Waals surface area (Å²) in [5.74, 6) is 3.28. The first kappa shape index (κ1) is 10.6. The fourth-order valence-corrected chi connectivity index (χ4v) is 1.43. The summed E-state index contributed by atoms with van der Waals surface area (Å²) in [5, 5.41) is 0. The molecule has 0 N–H and O–H groups in total. The molecule has 0 fully saturated rings. The zero-order valence-corrected chi connectivity index (χ0v) is 8.54. The van der Waals surface area contributed by atoms with E-state index in [1.165, 1.54) is 0 Å². The highest BCUT2D eigenvalue weighted by Crippen LogP contribution is 2.31. The van der Waals surface area contributed by atoms with Crippen LogP contribution in [0.1, 0.15) is 6.42 Å². The van der Waals surface area contributed by atoms with Crippen LogP contribution in [-0.4, -0.2) is 19.8 Å². The largest absolute Gasteiger partial charge is 0.498 e. The van der Waals surface area contributed by atoms with Crippen LogP contribution in [0.3, 0.4) is 0 Å². The topological polar surface area (TPSA) is 18.5 Å². The van der Waals surface area contributed by atoms with Gasteiger partial charge in [0.05, 0.1) is 7.11 Å². The van der Waals surface area contributed by atoms with Crippen molar-refractivity contribution in [2.45, 2.75) is 12.0 Å². The van der Waals surface area contributed by atoms with E-state index in [1.54, 1.807) is 14.2 Å². The van der Waals surface area contributed by atoms with Crippen LogP contribution in [0.15, 0.2) is 36.1 Å². The predicted octanol–water partition coefficient (Wildman–Crippen LogP) is 2.05. The Morgan fingerprint density at radius 1 is 1.57 bits per heavy atom. The lowest BCUT2D eigenvalue weighted by molar-refractivity contribution is 0.0210. The van der Waals surface area contributed by atoms with Gasteiger partial charge in [-0.2, -0.15) is 0 Å². The quantitative estimate of drug-likeness (QED) is 0.634. The van der Waals surface area contributed by atoms with Gasteiger partial charge in [-0.05, 0) is 17.7 Å². The first-order valence-electron chi connectivity index (χ1n) is 4.31. The molecule has 14 heavy (non-hydrogen) atoms. The standard InChI is InChI=1S/C12H14O2/c1-5-7-12(14-4)8-6-10(2)9-11(12)13-3/h1,6,8-9H,2,7H2,3-4H3. The maximum Gasteiger partial charge on any atom is 0.154 e. The lowest BCUT2D eigenvalue weighted by Gasteiger charge is -2.31. The van der Waals surface area contributed by atoms with Gasteiger partial charge in [-0.25, -0.2) is 0 Å². The first-order chi connectivity index (χ1) is 6.68. The molecule has 0 saturated carbocycles. The molecule has 0 amide bonds. The average Bonchev–Trinajstić information content (AvgIpc) is 2.21. The molecule has 1 aliphatic carbocycles. The number of terminal acetylenes is 1. The van der Waals surface area contributed by atoms with Gasteiger partial charge in [-0.1, -0.05) is 12.7 Å². The van der Waals surface area contributed by atoms with Crippen molar-refractivity contribution in [3.63, 3.8) is 0 Å². The zero-order chi connectivity index (χ0) is 10.6. The summed E-state index contributed by atoms with van der Waals surface area (Å²) in [6.07, 6.45) is 11.3. The van der Waals surface area contributed by atoms with Gasteiger partial charge in [-0.3, -0.25) is 0 Å². The van der Waals surface area contributed by atoms with Gasteiger partial charge in [0, 0.05) is 13.5 Å². The summed E-state index contributed by atoms with van der Waals surface area (Å²) in [4.78, 5) is 0. The monoisotopic (exact) mass is 190 g/mol. The van der Waals surface area contributed by atoms with E-state index in [9.17, 15) is 0 Å². The molecule has 2 heteroatoms. The molecule has 0 aromatic carbocycles. The number of methoxy groups -OCH3 is 2. The van der Waals surface area contributed by atoms with Crippen molar-refractivity contribution in [3.8, 4) is 12.3 Å². The number of allylic oxidation sites excluding steroid dienone is 3. The molecular weight excluding hydrogens is 176 g/mol. The summed E-state index contributed by atoms with van der Waals surface area (Å²) in [7, 11) is 3.21. The summed E-state index contributed by atoms with van der Waals surface area (Å²) in [6, 6.07) is 0. The molecule has 1 aliphatic rings. The molecule has 1 atom stereocenters. The van der Waals surface area contributed by atoms with E-state index >= 15 is 0 Å². The second-order valence-electron chi connectivity index (χ2n) is 3.10. The van der Waals surface area contributed by atoms with E-state index in [0.29, 0.717) is 12.2 Å². The molecular formula is C12H14O2. The van der Waals surface area contributed by atoms with Crippen LogP contribution in [0.25, 0.3) is 0 Å². The van der Waals surface area contributed by atoms with E-state index in [-0.39, 0.29) is 0 Å². The maximum absolute atomic E-state index is 5.41. The molecule has 1 unspecified atom stereocenters. The van der Waals surface area contributed by atoms with Crippen LogP contribution in [0.2, 0.25) is 0 Å². The van der Waals surface area contributed by atoms with Crippen LogP contribution in [-0.2, 0) is 9.47 Å². The van der Waals surface area contributed by atoms with Gasteiger partial charge >= 0.3 is 0 Å². The smallest absolute Gasteiger partial charge is 0.154 e. The fourth-order valence-electron chi connectivity index (χ4n) is 1.43. The van der Waals surface area contributed by atoms with Gasteiger partial charge in [0.25, 0.3) is 0 Å². The third-order valence-corrected chi connectivity index (χ3v) is 2.25. The number of rotatable bonds is 3. The Morgan fingerprint density at radius 3 is 2.79 bits per heavy atom. The molecule has 0 aromatic rings. The van der Waals surface area contributed by atoms with Crippen molar-refractivity contribution in [3.05, 3.63) is 36.1 Å². The molecule has 2 nitrogen and oxygen atoms in total. The minimum atomic E-state index is -0.620. The van der Waals surface area contributed by atoms with Crippen LogP contribution < -0.4 is 0 Å². The Morgan fingerprint density at radius 2 is 2.29 bits per heavy atom. The van der Waals surface area contributed by atoms with E-state index in [4.69, 9.17) is 15.9 Å². The Kier molecular flexibility index (Phi) is 3.16. The van der Waals surface area contributed by atoms with E-state index in [0.717, 1.165) is 5.57 Å². The molecule has 0 aromatic heterocycles. The molecule has 0 spiro atoms. The molecule has 0 heterocycles. The first-order valence-corrected chi connectivity index (χ1v) is 4.31. The van der Waals surface area contributed by atoms with Gasteiger partial charge in [0.15, 0.2) is 5.60 Å². The third kappa shape index (κ3) is 1.73. The molecule has 0 radical (unpaired) electrons. The van der Waals surface area contributed by atoms with Crippen molar-refractivity contribution >= 4 is 0 Å². The predicted molar refractivity (Wildman–Crippen MR) is 56.6 cm³/mol. The Balaban J connectivity index is 3.07. The SMILES string of the molecule is C#CCC1(OC)C=CC(=C)C=C1OC. The summed E-state index contributed by atoms with van der Waals surface area (Å²) >= 11 is 0. The summed E-state index contributed by atoms with van der Waals surface area (Å²) in [5.41, 5.74) is 0.261. The highest BCUT2D eigenvalue weighted by Gasteiger charge is 2.34. The highest BCUT2D eigenvalue weighted by atomic mass is 16.5. The molecule has 0 bridgehead atoms. The third-order valence-electron chi connectivity index (χ3n) is 2.25. The van der Waals surface area contributed by atoms with Crippen LogP contribution in [0.4, 0.5) is 0 Å². The number of hydrogen-bond acceptors (Lipinski definition) is 2. The average molecular weight is 190 g/mol. The second-order valence-corrected chi connectivity index (χ2v) is 3.10. The maximum atomic E-state index is 5.41. The summed E-state index contributed by atoms with van der Waals surface area (Å²) in [6.45, 7) is 3.82. The zero-order valence-electron chi connectivity index (χ0n) is 8.54. The number of hydrogen-bond donors (Lipinski definition) is 0. The van der Waals surface area contributed by atoms with Crippen LogP contribution in [0.5, 0.6) is 0 Å². The van der Waals surface area contributed by atoms with Crippen molar-refractivity contribution < 1.29 is 9.47 Å². The van der Waals surface area contributed by atoms with Crippen LogP contribution >= 0.6 is 0 Å². The Labute approximate surface area is 84.9 Å². The van der Waals surface area contributed by atoms with Gasteiger partial charge in [-0.15, -0.1) is 12.3 Å². The van der Waals surface area contributed by atoms with Crippen molar-refractivity contribution in [1.82, 2.24) is 0 Å². The normalized spacial score (nSPS) is 25.5. The summed E-state index contributed by atoms with van der Waals surface area (Å²) < 4.78 is 10.7. The lowest BCUT2D eigenvalue weighted by Crippen LogP contribution is -2.33. The minimum Gasteiger partial charge on any atom is -0.498 e. The van der Waals surface area contributed by atoms with E-state index in [2.05, 4.69) is 12.5 Å². The second kappa shape index (κ2) is 4.17. The van der Waals surface area contributed by atoms with Gasteiger partial charge in [0.1, 0.15) is 5.76 Å². The molecule has 0 aliphatic heterocycles. The minimum absolute atomic E-state index is 0.451. The molecule has 74 valence electrons. The van der Waals surface area contributed by atoms with Crippen LogP contribution in [0, 0.1) is 12.3 Å². The van der Waals surface area contributed by atoms with Gasteiger partial charge < -0.3 is 9.47 Å². The molecule has 1 rings (SSSR count). The van der Waals surface area contributed by atoms with Crippen molar-refractivity contribution in [1.29, 1.82) is 0 Å². The molecule has 0 saturated heterocycles.